The molecule has 0 saturated heterocycles. The van der Waals surface area contributed by atoms with Crippen LogP contribution in [0.2, 0.25) is 0 Å². The van der Waals surface area contributed by atoms with Crippen molar-refractivity contribution in [2.45, 2.75) is 11.8 Å². The highest BCUT2D eigenvalue weighted by Gasteiger charge is 2.19. The average Bonchev–Trinajstić information content (AvgIpc) is 2.70. The summed E-state index contributed by atoms with van der Waals surface area (Å²) in [6, 6.07) is 20.6. The van der Waals surface area contributed by atoms with Gasteiger partial charge in [-0.05, 0) is 42.8 Å². The largest absolute Gasteiger partial charge is 0.356 e. The molecule has 0 spiro atoms. The van der Waals surface area contributed by atoms with Crippen molar-refractivity contribution in [1.29, 1.82) is 0 Å². The highest BCUT2D eigenvalue weighted by atomic mass is 32.2. The molecule has 9 heteroatoms. The molecule has 0 saturated carbocycles. The second-order valence-electron chi connectivity index (χ2n) is 6.17. The molecule has 0 fully saturated rings. The summed E-state index contributed by atoms with van der Waals surface area (Å²) >= 11 is 0. The number of anilines is 2. The molecule has 0 heterocycles. The Bertz CT molecular complexity index is 1140. The van der Waals surface area contributed by atoms with Gasteiger partial charge in [-0.3, -0.25) is 10.1 Å². The SMILES string of the molecule is Cc1ccc(S(=O)(=O)N/N=C\c2ccc(Nc3ccccc3)cc2)cc1[N+](=O)[O-]. The van der Waals surface area contributed by atoms with Gasteiger partial charge < -0.3 is 5.32 Å². The Hall–Kier alpha value is -3.72. The summed E-state index contributed by atoms with van der Waals surface area (Å²) in [4.78, 5) is 12.2. The predicted octanol–water partition coefficient (Wildman–Crippen LogP) is 3.96. The molecule has 8 nitrogen and oxygen atoms in total. The number of aryl methyl sites for hydroxylation is 1. The Morgan fingerprint density at radius 1 is 0.966 bits per heavy atom. The average molecular weight is 410 g/mol. The van der Waals surface area contributed by atoms with Crippen LogP contribution in [0.4, 0.5) is 17.1 Å². The number of hydrogen-bond acceptors (Lipinski definition) is 6. The Morgan fingerprint density at radius 2 is 1.62 bits per heavy atom. The van der Waals surface area contributed by atoms with E-state index in [0.29, 0.717) is 11.1 Å². The van der Waals surface area contributed by atoms with Crippen molar-refractivity contribution in [2.75, 3.05) is 5.32 Å². The summed E-state index contributed by atoms with van der Waals surface area (Å²) in [6.45, 7) is 1.54. The first-order valence-corrected chi connectivity index (χ1v) is 10.1. The predicted molar refractivity (Wildman–Crippen MR) is 112 cm³/mol. The van der Waals surface area contributed by atoms with Gasteiger partial charge in [-0.1, -0.05) is 36.4 Å². The smallest absolute Gasteiger partial charge is 0.276 e. The van der Waals surface area contributed by atoms with Gasteiger partial charge in [0.25, 0.3) is 15.7 Å². The molecule has 0 aliphatic heterocycles. The number of hydrazone groups is 1. The molecule has 3 aromatic rings. The molecular formula is C20H18N4O4S. The van der Waals surface area contributed by atoms with Crippen molar-refractivity contribution in [3.8, 4) is 0 Å². The standard InChI is InChI=1S/C20H18N4O4S/c1-15-7-12-19(13-20(15)24(25)26)29(27,28)23-21-14-16-8-10-18(11-9-16)22-17-5-3-2-4-6-17/h2-14,22-23H,1H3/b21-14-. The van der Waals surface area contributed by atoms with Crippen LogP contribution >= 0.6 is 0 Å². The second kappa shape index (κ2) is 8.53. The van der Waals surface area contributed by atoms with E-state index in [1.807, 2.05) is 42.5 Å². The van der Waals surface area contributed by atoms with Gasteiger partial charge >= 0.3 is 0 Å². The van der Waals surface area contributed by atoms with Crippen molar-refractivity contribution >= 4 is 33.3 Å². The van der Waals surface area contributed by atoms with E-state index in [1.165, 1.54) is 25.3 Å². The van der Waals surface area contributed by atoms with E-state index in [1.54, 1.807) is 12.1 Å². The second-order valence-corrected chi connectivity index (χ2v) is 7.83. The molecule has 0 unspecified atom stereocenters. The lowest BCUT2D eigenvalue weighted by Crippen LogP contribution is -2.18. The van der Waals surface area contributed by atoms with Gasteiger partial charge in [-0.2, -0.15) is 13.5 Å². The van der Waals surface area contributed by atoms with Crippen molar-refractivity contribution in [3.63, 3.8) is 0 Å². The maximum atomic E-state index is 12.3. The summed E-state index contributed by atoms with van der Waals surface area (Å²) in [7, 11) is -4.02. The van der Waals surface area contributed by atoms with Gasteiger partial charge in [0, 0.05) is 23.0 Å². The molecule has 0 aliphatic rings. The quantitative estimate of drug-likeness (QED) is 0.348. The number of nitro groups is 1. The summed E-state index contributed by atoms with van der Waals surface area (Å²) in [5.41, 5.74) is 2.62. The van der Waals surface area contributed by atoms with Crippen molar-refractivity contribution in [1.82, 2.24) is 4.83 Å². The first kappa shape index (κ1) is 20.0. The summed E-state index contributed by atoms with van der Waals surface area (Å²) in [6.07, 6.45) is 1.35. The van der Waals surface area contributed by atoms with Crippen LogP contribution < -0.4 is 10.1 Å². The zero-order valence-corrected chi connectivity index (χ0v) is 16.3. The van der Waals surface area contributed by atoms with Crippen LogP contribution in [0.3, 0.4) is 0 Å². The fourth-order valence-electron chi connectivity index (χ4n) is 2.52. The Kier molecular flexibility index (Phi) is 5.89. The van der Waals surface area contributed by atoms with Crippen molar-refractivity contribution < 1.29 is 13.3 Å². The van der Waals surface area contributed by atoms with E-state index in [-0.39, 0.29) is 10.6 Å². The number of para-hydroxylation sites is 1. The van der Waals surface area contributed by atoms with Crippen LogP contribution in [-0.2, 0) is 10.0 Å². The van der Waals surface area contributed by atoms with E-state index < -0.39 is 14.9 Å². The Morgan fingerprint density at radius 3 is 2.28 bits per heavy atom. The van der Waals surface area contributed by atoms with E-state index in [9.17, 15) is 18.5 Å². The number of sulfonamides is 1. The molecule has 0 aromatic heterocycles. The molecule has 0 bridgehead atoms. The van der Waals surface area contributed by atoms with Gasteiger partial charge in [0.15, 0.2) is 0 Å². The van der Waals surface area contributed by atoms with Gasteiger partial charge in [-0.25, -0.2) is 4.83 Å². The van der Waals surface area contributed by atoms with Crippen LogP contribution in [0.15, 0.2) is 82.8 Å². The lowest BCUT2D eigenvalue weighted by atomic mass is 10.2. The molecular weight excluding hydrogens is 392 g/mol. The zero-order valence-electron chi connectivity index (χ0n) is 15.4. The molecule has 3 aromatic carbocycles. The zero-order chi connectivity index (χ0) is 20.9. The third kappa shape index (κ3) is 5.17. The lowest BCUT2D eigenvalue weighted by Gasteiger charge is -2.06. The van der Waals surface area contributed by atoms with Gasteiger partial charge in [0.05, 0.1) is 16.0 Å². The number of hydrogen-bond donors (Lipinski definition) is 2. The normalized spacial score (nSPS) is 11.3. The van der Waals surface area contributed by atoms with Gasteiger partial charge in [-0.15, -0.1) is 0 Å². The number of nitrogens with one attached hydrogen (secondary N) is 2. The van der Waals surface area contributed by atoms with E-state index in [2.05, 4.69) is 15.2 Å². The number of benzene rings is 3. The van der Waals surface area contributed by atoms with Crippen LogP contribution in [0.1, 0.15) is 11.1 Å². The van der Waals surface area contributed by atoms with Gasteiger partial charge in [0.1, 0.15) is 0 Å². The molecule has 0 radical (unpaired) electrons. The number of nitrogens with zero attached hydrogens (tertiary/aromatic N) is 2. The van der Waals surface area contributed by atoms with E-state index in [4.69, 9.17) is 0 Å². The fourth-order valence-corrected chi connectivity index (χ4v) is 3.33. The minimum atomic E-state index is -4.02. The summed E-state index contributed by atoms with van der Waals surface area (Å²) < 4.78 is 24.6. The minimum Gasteiger partial charge on any atom is -0.356 e. The first-order valence-electron chi connectivity index (χ1n) is 8.57. The molecule has 0 amide bonds. The number of nitro benzene ring substituents is 1. The monoisotopic (exact) mass is 410 g/mol. The van der Waals surface area contributed by atoms with E-state index >= 15 is 0 Å². The molecule has 3 rings (SSSR count). The maximum absolute atomic E-state index is 12.3. The third-order valence-electron chi connectivity index (χ3n) is 4.05. The van der Waals surface area contributed by atoms with Gasteiger partial charge in [0.2, 0.25) is 0 Å². The van der Waals surface area contributed by atoms with Crippen LogP contribution in [0.25, 0.3) is 0 Å². The molecule has 2 N–H and O–H groups in total. The van der Waals surface area contributed by atoms with Crippen molar-refractivity contribution in [2.24, 2.45) is 5.10 Å². The first-order chi connectivity index (χ1) is 13.8. The Labute approximate surface area is 168 Å². The summed E-state index contributed by atoms with van der Waals surface area (Å²) in [5.74, 6) is 0. The highest BCUT2D eigenvalue weighted by Crippen LogP contribution is 2.22. The summed E-state index contributed by atoms with van der Waals surface area (Å²) in [5, 5.41) is 18.0. The van der Waals surface area contributed by atoms with E-state index in [0.717, 1.165) is 17.4 Å². The Balaban J connectivity index is 1.67. The molecule has 0 atom stereocenters. The van der Waals surface area contributed by atoms with Crippen LogP contribution in [-0.4, -0.2) is 19.6 Å². The molecule has 0 aliphatic carbocycles. The van der Waals surface area contributed by atoms with Crippen LogP contribution in [0.5, 0.6) is 0 Å². The molecule has 148 valence electrons. The van der Waals surface area contributed by atoms with Crippen molar-refractivity contribution in [3.05, 3.63) is 94.0 Å². The fraction of sp³-hybridized carbons (Fsp3) is 0.0500. The minimum absolute atomic E-state index is 0.227. The molecule has 29 heavy (non-hydrogen) atoms. The number of rotatable bonds is 7. The topological polar surface area (TPSA) is 114 Å². The maximum Gasteiger partial charge on any atom is 0.276 e. The lowest BCUT2D eigenvalue weighted by molar-refractivity contribution is -0.385. The third-order valence-corrected chi connectivity index (χ3v) is 5.27. The highest BCUT2D eigenvalue weighted by molar-refractivity contribution is 7.89. The van der Waals surface area contributed by atoms with Crippen LogP contribution in [0, 0.1) is 17.0 Å².